The average molecular weight is 383 g/mol. The van der Waals surface area contributed by atoms with Crippen LogP contribution in [0.1, 0.15) is 32.1 Å². The van der Waals surface area contributed by atoms with Gasteiger partial charge in [0.05, 0.1) is 0 Å². The van der Waals surface area contributed by atoms with Crippen LogP contribution < -0.4 is 0 Å². The monoisotopic (exact) mass is 382 g/mol. The highest BCUT2D eigenvalue weighted by Gasteiger charge is 2.49. The summed E-state index contributed by atoms with van der Waals surface area (Å²) < 4.78 is 39.9. The van der Waals surface area contributed by atoms with Gasteiger partial charge in [0, 0.05) is 67.0 Å². The van der Waals surface area contributed by atoms with Crippen molar-refractivity contribution in [1.29, 1.82) is 0 Å². The predicted molar refractivity (Wildman–Crippen MR) is 95.0 cm³/mol. The van der Waals surface area contributed by atoms with Crippen LogP contribution in [0.2, 0.25) is 11.1 Å². The molecule has 1 saturated heterocycles. The van der Waals surface area contributed by atoms with Gasteiger partial charge >= 0.3 is 17.6 Å². The lowest BCUT2D eigenvalue weighted by Gasteiger charge is -2.35. The summed E-state index contributed by atoms with van der Waals surface area (Å²) in [6.45, 7) is 1.34. The quantitative estimate of drug-likeness (QED) is 0.598. The zero-order valence-corrected chi connectivity index (χ0v) is 18.0. The molecule has 0 saturated carbocycles. The first-order valence-corrected chi connectivity index (χ1v) is 12.1. The van der Waals surface area contributed by atoms with Crippen LogP contribution in [0, 0.1) is 0 Å². The third-order valence-corrected chi connectivity index (χ3v) is 11.6. The summed E-state index contributed by atoms with van der Waals surface area (Å²) in [4.78, 5) is 0. The predicted octanol–water partition coefficient (Wildman–Crippen LogP) is 2.46. The number of hydrogen-bond donors (Lipinski definition) is 0. The molecule has 0 aromatic carbocycles. The molecule has 24 heavy (non-hydrogen) atoms. The molecule has 0 aliphatic carbocycles. The van der Waals surface area contributed by atoms with E-state index in [1.165, 1.54) is 0 Å². The SMILES string of the molecule is CO[Si](OC)(OC)C1CCCC([Si](OC)(OC)OC)CCOCC1. The smallest absolute Gasteiger partial charge is 0.381 e. The molecule has 1 fully saturated rings. The molecular formula is C15H34O7Si2. The molecule has 1 aliphatic heterocycles. The van der Waals surface area contributed by atoms with Crippen molar-refractivity contribution in [3.63, 3.8) is 0 Å². The highest BCUT2D eigenvalue weighted by atomic mass is 28.4. The second kappa shape index (κ2) is 11.0. The molecule has 7 nitrogen and oxygen atoms in total. The van der Waals surface area contributed by atoms with Gasteiger partial charge in [-0.3, -0.25) is 0 Å². The third-order valence-electron chi connectivity index (χ3n) is 5.03. The molecule has 2 unspecified atom stereocenters. The molecule has 1 heterocycles. The molecule has 144 valence electrons. The van der Waals surface area contributed by atoms with E-state index >= 15 is 0 Å². The maximum Gasteiger partial charge on any atom is 0.503 e. The van der Waals surface area contributed by atoms with E-state index in [9.17, 15) is 0 Å². The Labute approximate surface area is 148 Å². The minimum atomic E-state index is -2.67. The van der Waals surface area contributed by atoms with Crippen molar-refractivity contribution in [1.82, 2.24) is 0 Å². The summed E-state index contributed by atoms with van der Waals surface area (Å²) in [6, 6.07) is 0. The van der Waals surface area contributed by atoms with Crippen molar-refractivity contribution in [2.75, 3.05) is 55.9 Å². The minimum Gasteiger partial charge on any atom is -0.381 e. The molecule has 1 aliphatic rings. The molecule has 0 aromatic heterocycles. The fourth-order valence-corrected chi connectivity index (χ4v) is 8.72. The van der Waals surface area contributed by atoms with Crippen LogP contribution in [0.4, 0.5) is 0 Å². The van der Waals surface area contributed by atoms with Crippen molar-refractivity contribution in [2.24, 2.45) is 0 Å². The molecular weight excluding hydrogens is 348 g/mol. The lowest BCUT2D eigenvalue weighted by atomic mass is 10.1. The zero-order chi connectivity index (χ0) is 18.1. The van der Waals surface area contributed by atoms with Crippen LogP contribution in [0.25, 0.3) is 0 Å². The number of ether oxygens (including phenoxy) is 1. The molecule has 0 bridgehead atoms. The molecule has 0 N–H and O–H groups in total. The standard InChI is InChI=1S/C15H34O7Si2/c1-16-23(17-2,18-3)14-8-7-9-15(11-13-22-12-10-14)24(19-4,20-5)21-6/h14-15H,7-13H2,1-6H3. The second-order valence-electron chi connectivity index (χ2n) is 5.95. The van der Waals surface area contributed by atoms with Crippen molar-refractivity contribution in [3.8, 4) is 0 Å². The Kier molecular flexibility index (Phi) is 10.2. The van der Waals surface area contributed by atoms with E-state index in [1.54, 1.807) is 42.7 Å². The van der Waals surface area contributed by atoms with Gasteiger partial charge in [0.15, 0.2) is 0 Å². The van der Waals surface area contributed by atoms with Crippen molar-refractivity contribution in [2.45, 2.75) is 43.2 Å². The summed E-state index contributed by atoms with van der Waals surface area (Å²) in [5.74, 6) is 0. The van der Waals surface area contributed by atoms with E-state index in [4.69, 9.17) is 31.3 Å². The number of hydrogen-bond acceptors (Lipinski definition) is 7. The third kappa shape index (κ3) is 5.08. The molecule has 0 amide bonds. The first kappa shape index (κ1) is 22.2. The summed E-state index contributed by atoms with van der Waals surface area (Å²) in [6.07, 6.45) is 4.71. The molecule has 9 heteroatoms. The highest BCUT2D eigenvalue weighted by Crippen LogP contribution is 2.38. The zero-order valence-electron chi connectivity index (χ0n) is 16.0. The molecule has 2 atom stereocenters. The number of rotatable bonds is 8. The van der Waals surface area contributed by atoms with Gasteiger partial charge in [0.2, 0.25) is 0 Å². The maximum absolute atomic E-state index is 5.84. The van der Waals surface area contributed by atoms with Gasteiger partial charge < -0.3 is 31.3 Å². The summed E-state index contributed by atoms with van der Waals surface area (Å²) in [5.41, 5.74) is 0.444. The van der Waals surface area contributed by atoms with Crippen LogP contribution in [0.3, 0.4) is 0 Å². The van der Waals surface area contributed by atoms with Gasteiger partial charge in [-0.15, -0.1) is 0 Å². The lowest BCUT2D eigenvalue weighted by Crippen LogP contribution is -2.49. The van der Waals surface area contributed by atoms with Gasteiger partial charge in [-0.1, -0.05) is 6.42 Å². The summed E-state index contributed by atoms with van der Waals surface area (Å²) in [5, 5.41) is 0. The second-order valence-corrected chi connectivity index (χ2v) is 12.4. The fourth-order valence-electron chi connectivity index (χ4n) is 3.66. The van der Waals surface area contributed by atoms with Crippen molar-refractivity contribution < 1.29 is 31.3 Å². The Bertz CT molecular complexity index is 291. The van der Waals surface area contributed by atoms with Crippen molar-refractivity contribution in [3.05, 3.63) is 0 Å². The molecule has 0 spiro atoms. The van der Waals surface area contributed by atoms with Gasteiger partial charge in [-0.05, 0) is 25.7 Å². The summed E-state index contributed by atoms with van der Waals surface area (Å²) in [7, 11) is 4.67. The Balaban J connectivity index is 2.84. The van der Waals surface area contributed by atoms with Gasteiger partial charge in [0.25, 0.3) is 0 Å². The topological polar surface area (TPSA) is 64.6 Å². The molecule has 1 rings (SSSR count). The maximum atomic E-state index is 5.84. The molecule has 0 aromatic rings. The first-order valence-electron chi connectivity index (χ1n) is 8.46. The van der Waals surface area contributed by atoms with Gasteiger partial charge in [0.1, 0.15) is 0 Å². The van der Waals surface area contributed by atoms with Crippen molar-refractivity contribution >= 4 is 17.6 Å². The van der Waals surface area contributed by atoms with Crippen LogP contribution in [0.5, 0.6) is 0 Å². The molecule has 0 radical (unpaired) electrons. The van der Waals surface area contributed by atoms with E-state index < -0.39 is 17.6 Å². The van der Waals surface area contributed by atoms with Gasteiger partial charge in [-0.25, -0.2) is 0 Å². The van der Waals surface area contributed by atoms with Crippen LogP contribution in [0.15, 0.2) is 0 Å². The van der Waals surface area contributed by atoms with Gasteiger partial charge in [-0.2, -0.15) is 0 Å². The first-order chi connectivity index (χ1) is 11.6. The van der Waals surface area contributed by atoms with Crippen LogP contribution >= 0.6 is 0 Å². The Hall–Kier alpha value is 0.154. The van der Waals surface area contributed by atoms with E-state index in [2.05, 4.69) is 0 Å². The summed E-state index contributed by atoms with van der Waals surface area (Å²) >= 11 is 0. The van der Waals surface area contributed by atoms with E-state index in [-0.39, 0.29) is 11.1 Å². The lowest BCUT2D eigenvalue weighted by molar-refractivity contribution is 0.0736. The Morgan fingerprint density at radius 1 is 0.583 bits per heavy atom. The minimum absolute atomic E-state index is 0.222. The van der Waals surface area contributed by atoms with Crippen LogP contribution in [-0.4, -0.2) is 73.5 Å². The van der Waals surface area contributed by atoms with E-state index in [1.807, 2.05) is 0 Å². The Morgan fingerprint density at radius 3 is 1.21 bits per heavy atom. The average Bonchev–Trinajstić information content (AvgIpc) is 2.64. The van der Waals surface area contributed by atoms with E-state index in [0.29, 0.717) is 13.2 Å². The normalized spacial score (nSPS) is 24.8. The highest BCUT2D eigenvalue weighted by molar-refractivity contribution is 6.62. The van der Waals surface area contributed by atoms with E-state index in [0.717, 1.165) is 32.1 Å². The fraction of sp³-hybridized carbons (Fsp3) is 1.00. The Morgan fingerprint density at radius 2 is 0.917 bits per heavy atom. The largest absolute Gasteiger partial charge is 0.503 e. The van der Waals surface area contributed by atoms with Crippen LogP contribution in [-0.2, 0) is 31.3 Å².